The van der Waals surface area contributed by atoms with Crippen molar-refractivity contribution in [3.05, 3.63) is 34.6 Å². The van der Waals surface area contributed by atoms with Crippen molar-refractivity contribution in [2.45, 2.75) is 50.9 Å². The molecule has 0 atom stereocenters. The average Bonchev–Trinajstić information content (AvgIpc) is 2.38. The van der Waals surface area contributed by atoms with Crippen molar-refractivity contribution in [2.24, 2.45) is 5.73 Å². The third kappa shape index (κ3) is 2.64. The minimum Gasteiger partial charge on any atom is -0.330 e. The zero-order chi connectivity index (χ0) is 14.0. The van der Waals surface area contributed by atoms with E-state index < -0.39 is 17.8 Å². The fourth-order valence-corrected chi connectivity index (χ4v) is 3.18. The van der Waals surface area contributed by atoms with Gasteiger partial charge in [0.05, 0.1) is 5.56 Å². The van der Waals surface area contributed by atoms with Crippen LogP contribution in [-0.4, -0.2) is 6.54 Å². The van der Waals surface area contributed by atoms with Crippen LogP contribution in [0, 0.1) is 12.7 Å². The van der Waals surface area contributed by atoms with Gasteiger partial charge in [-0.25, -0.2) is 13.2 Å². The summed E-state index contributed by atoms with van der Waals surface area (Å²) in [6.07, 6.45) is 2.35. The van der Waals surface area contributed by atoms with E-state index in [2.05, 4.69) is 0 Å². The first-order valence-electron chi connectivity index (χ1n) is 6.79. The molecule has 0 radical (unpaired) electrons. The van der Waals surface area contributed by atoms with Gasteiger partial charge in [-0.2, -0.15) is 0 Å². The molecule has 1 fully saturated rings. The molecule has 0 amide bonds. The molecule has 1 saturated carbocycles. The molecule has 0 bridgehead atoms. The predicted molar refractivity (Wildman–Crippen MR) is 69.9 cm³/mol. The first-order valence-corrected chi connectivity index (χ1v) is 6.79. The number of nitrogens with two attached hydrogens (primary N) is 1. The highest BCUT2D eigenvalue weighted by atomic mass is 19.3. The first kappa shape index (κ1) is 14.4. The molecular weight excluding hydrogens is 251 g/mol. The zero-order valence-corrected chi connectivity index (χ0v) is 11.2. The van der Waals surface area contributed by atoms with E-state index in [0.717, 1.165) is 31.2 Å². The maximum atomic E-state index is 13.9. The molecule has 2 rings (SSSR count). The van der Waals surface area contributed by atoms with Crippen LogP contribution in [0.1, 0.15) is 55.2 Å². The van der Waals surface area contributed by atoms with Crippen molar-refractivity contribution in [1.29, 1.82) is 0 Å². The smallest absolute Gasteiger partial charge is 0.266 e. The van der Waals surface area contributed by atoms with E-state index in [0.29, 0.717) is 12.1 Å². The number of hydrogen-bond donors (Lipinski definition) is 1. The molecule has 4 heteroatoms. The maximum Gasteiger partial charge on any atom is 0.266 e. The highest BCUT2D eigenvalue weighted by molar-refractivity contribution is 5.38. The second kappa shape index (κ2) is 5.53. The van der Waals surface area contributed by atoms with Crippen LogP contribution in [0.15, 0.2) is 12.1 Å². The Labute approximate surface area is 112 Å². The van der Waals surface area contributed by atoms with Crippen LogP contribution < -0.4 is 5.73 Å². The molecule has 0 heterocycles. The Bertz CT molecular complexity index is 428. The number of halogens is 3. The average molecular weight is 271 g/mol. The van der Waals surface area contributed by atoms with Gasteiger partial charge in [0.25, 0.3) is 6.43 Å². The Morgan fingerprint density at radius 2 is 1.84 bits per heavy atom. The molecule has 2 N–H and O–H groups in total. The first-order chi connectivity index (χ1) is 9.00. The van der Waals surface area contributed by atoms with Gasteiger partial charge >= 0.3 is 0 Å². The summed E-state index contributed by atoms with van der Waals surface area (Å²) in [7, 11) is 0. The summed E-state index contributed by atoms with van der Waals surface area (Å²) in [6.45, 7) is 1.99. The lowest BCUT2D eigenvalue weighted by molar-refractivity contribution is 0.145. The summed E-state index contributed by atoms with van der Waals surface area (Å²) in [5.74, 6) is -0.802. The molecular formula is C15H20F3N. The second-order valence-corrected chi connectivity index (χ2v) is 5.53. The summed E-state index contributed by atoms with van der Waals surface area (Å²) < 4.78 is 39.5. The summed E-state index contributed by atoms with van der Waals surface area (Å²) in [5, 5.41) is 0. The molecule has 0 aliphatic heterocycles. The van der Waals surface area contributed by atoms with E-state index in [1.807, 2.05) is 0 Å². The van der Waals surface area contributed by atoms with Crippen molar-refractivity contribution in [1.82, 2.24) is 0 Å². The highest BCUT2D eigenvalue weighted by Gasteiger charge is 2.34. The summed E-state index contributed by atoms with van der Waals surface area (Å²) in [4.78, 5) is 0. The quantitative estimate of drug-likeness (QED) is 0.874. The number of hydrogen-bond acceptors (Lipinski definition) is 1. The number of alkyl halides is 2. The van der Waals surface area contributed by atoms with Crippen LogP contribution >= 0.6 is 0 Å². The molecule has 1 aliphatic rings. The van der Waals surface area contributed by atoms with Crippen LogP contribution in [0.3, 0.4) is 0 Å². The second-order valence-electron chi connectivity index (χ2n) is 5.53. The van der Waals surface area contributed by atoms with Crippen LogP contribution in [0.4, 0.5) is 13.2 Å². The van der Waals surface area contributed by atoms with Gasteiger partial charge in [0.2, 0.25) is 0 Å². The third-order valence-corrected chi connectivity index (χ3v) is 4.37. The molecule has 0 saturated heterocycles. The third-order valence-electron chi connectivity index (χ3n) is 4.37. The van der Waals surface area contributed by atoms with Gasteiger partial charge < -0.3 is 5.73 Å². The van der Waals surface area contributed by atoms with E-state index in [4.69, 9.17) is 5.73 Å². The standard InChI is InChI=1S/C15H20F3N/c1-10-7-11(8-12(16)13(10)14(17)18)15(9-19)5-3-2-4-6-15/h7-8,14H,2-6,9,19H2,1H3. The van der Waals surface area contributed by atoms with Crippen molar-refractivity contribution < 1.29 is 13.2 Å². The predicted octanol–water partition coefficient (Wildman–Crippen LogP) is 4.23. The minimum atomic E-state index is -2.77. The van der Waals surface area contributed by atoms with Gasteiger partial charge in [-0.1, -0.05) is 25.3 Å². The molecule has 0 unspecified atom stereocenters. The summed E-state index contributed by atoms with van der Waals surface area (Å²) in [5.41, 5.74) is 6.29. The van der Waals surface area contributed by atoms with Crippen molar-refractivity contribution in [3.8, 4) is 0 Å². The van der Waals surface area contributed by atoms with Crippen molar-refractivity contribution in [3.63, 3.8) is 0 Å². The van der Waals surface area contributed by atoms with E-state index in [1.54, 1.807) is 13.0 Å². The lowest BCUT2D eigenvalue weighted by Crippen LogP contribution is -2.37. The molecule has 19 heavy (non-hydrogen) atoms. The van der Waals surface area contributed by atoms with Gasteiger partial charge in [-0.3, -0.25) is 0 Å². The van der Waals surface area contributed by atoms with Crippen LogP contribution in [0.5, 0.6) is 0 Å². The Morgan fingerprint density at radius 1 is 1.21 bits per heavy atom. The molecule has 1 aliphatic carbocycles. The SMILES string of the molecule is Cc1cc(C2(CN)CCCCC2)cc(F)c1C(F)F. The Morgan fingerprint density at radius 3 is 2.32 bits per heavy atom. The molecule has 0 spiro atoms. The molecule has 1 aromatic carbocycles. The van der Waals surface area contributed by atoms with Crippen LogP contribution in [-0.2, 0) is 5.41 Å². The van der Waals surface area contributed by atoms with Crippen LogP contribution in [0.2, 0.25) is 0 Å². The van der Waals surface area contributed by atoms with E-state index >= 15 is 0 Å². The highest BCUT2D eigenvalue weighted by Crippen LogP contribution is 2.40. The van der Waals surface area contributed by atoms with Crippen molar-refractivity contribution >= 4 is 0 Å². The van der Waals surface area contributed by atoms with Crippen LogP contribution in [0.25, 0.3) is 0 Å². The Hall–Kier alpha value is -1.03. The fraction of sp³-hybridized carbons (Fsp3) is 0.600. The van der Waals surface area contributed by atoms with Gasteiger partial charge in [0.15, 0.2) is 0 Å². The topological polar surface area (TPSA) is 26.0 Å². The molecule has 0 aromatic heterocycles. The van der Waals surface area contributed by atoms with Gasteiger partial charge in [0.1, 0.15) is 5.82 Å². The molecule has 106 valence electrons. The Kier molecular flexibility index (Phi) is 4.19. The normalized spacial score (nSPS) is 18.8. The van der Waals surface area contributed by atoms with E-state index in [-0.39, 0.29) is 5.41 Å². The Balaban J connectivity index is 2.45. The summed E-state index contributed by atoms with van der Waals surface area (Å²) in [6, 6.07) is 2.97. The lowest BCUT2D eigenvalue weighted by Gasteiger charge is -2.37. The van der Waals surface area contributed by atoms with Crippen molar-refractivity contribution in [2.75, 3.05) is 6.54 Å². The lowest BCUT2D eigenvalue weighted by atomic mass is 9.69. The number of benzene rings is 1. The maximum absolute atomic E-state index is 13.9. The largest absolute Gasteiger partial charge is 0.330 e. The van der Waals surface area contributed by atoms with E-state index in [1.165, 1.54) is 12.5 Å². The van der Waals surface area contributed by atoms with E-state index in [9.17, 15) is 13.2 Å². The molecule has 1 aromatic rings. The van der Waals surface area contributed by atoms with Gasteiger partial charge in [-0.05, 0) is 37.0 Å². The fourth-order valence-electron chi connectivity index (χ4n) is 3.18. The summed E-state index contributed by atoms with van der Waals surface area (Å²) >= 11 is 0. The monoisotopic (exact) mass is 271 g/mol. The number of aryl methyl sites for hydroxylation is 1. The van der Waals surface area contributed by atoms with Gasteiger partial charge in [-0.15, -0.1) is 0 Å². The zero-order valence-electron chi connectivity index (χ0n) is 11.2. The number of rotatable bonds is 3. The van der Waals surface area contributed by atoms with Gasteiger partial charge in [0, 0.05) is 12.0 Å². The molecule has 1 nitrogen and oxygen atoms in total. The minimum absolute atomic E-state index is 0.232.